The minimum absolute atomic E-state index is 0.141. The minimum Gasteiger partial charge on any atom is -0.497 e. The maximum Gasteiger partial charge on any atom is 0.337 e. The van der Waals surface area contributed by atoms with E-state index in [1.54, 1.807) is 25.3 Å². The SMILES string of the molecule is COc1ccc(Cn2c(=O)ccn(-c3noc4ccc(Br)cc34)c2=O)cc1. The summed E-state index contributed by atoms with van der Waals surface area (Å²) in [6.45, 7) is 0.141. The third-order valence-corrected chi connectivity index (χ3v) is 4.70. The van der Waals surface area contributed by atoms with Crippen molar-refractivity contribution in [1.82, 2.24) is 14.3 Å². The molecular formula is C19H14BrN3O4. The van der Waals surface area contributed by atoms with E-state index in [0.29, 0.717) is 22.5 Å². The third-order valence-electron chi connectivity index (χ3n) is 4.21. The number of aromatic nitrogens is 3. The van der Waals surface area contributed by atoms with Gasteiger partial charge in [0.05, 0.1) is 19.0 Å². The van der Waals surface area contributed by atoms with Gasteiger partial charge in [0, 0.05) is 16.7 Å². The molecule has 2 heterocycles. The molecule has 0 N–H and O–H groups in total. The van der Waals surface area contributed by atoms with Gasteiger partial charge < -0.3 is 9.26 Å². The van der Waals surface area contributed by atoms with E-state index in [2.05, 4.69) is 21.1 Å². The van der Waals surface area contributed by atoms with E-state index < -0.39 is 5.69 Å². The fraction of sp³-hybridized carbons (Fsp3) is 0.105. The molecule has 0 spiro atoms. The van der Waals surface area contributed by atoms with Gasteiger partial charge in [-0.2, -0.15) is 0 Å². The van der Waals surface area contributed by atoms with Gasteiger partial charge in [-0.25, -0.2) is 9.36 Å². The molecule has 2 aromatic carbocycles. The fourth-order valence-corrected chi connectivity index (χ4v) is 3.17. The molecule has 0 fully saturated rings. The van der Waals surface area contributed by atoms with Gasteiger partial charge in [0.1, 0.15) is 5.75 Å². The average molecular weight is 428 g/mol. The van der Waals surface area contributed by atoms with Crippen molar-refractivity contribution in [1.29, 1.82) is 0 Å². The number of halogens is 1. The summed E-state index contributed by atoms with van der Waals surface area (Å²) in [4.78, 5) is 25.2. The molecule has 2 aromatic heterocycles. The van der Waals surface area contributed by atoms with Crippen molar-refractivity contribution in [3.05, 3.63) is 85.6 Å². The summed E-state index contributed by atoms with van der Waals surface area (Å²) in [5.41, 5.74) is 0.475. The Balaban J connectivity index is 1.81. The average Bonchev–Trinajstić information content (AvgIpc) is 3.08. The van der Waals surface area contributed by atoms with Crippen molar-refractivity contribution in [3.8, 4) is 11.6 Å². The van der Waals surface area contributed by atoms with E-state index >= 15 is 0 Å². The topological polar surface area (TPSA) is 79.3 Å². The first-order chi connectivity index (χ1) is 13.1. The number of benzene rings is 2. The van der Waals surface area contributed by atoms with Crippen LogP contribution < -0.4 is 16.0 Å². The van der Waals surface area contributed by atoms with E-state index in [1.165, 1.54) is 16.8 Å². The van der Waals surface area contributed by atoms with E-state index in [-0.39, 0.29) is 12.1 Å². The van der Waals surface area contributed by atoms with Gasteiger partial charge >= 0.3 is 5.69 Å². The van der Waals surface area contributed by atoms with Crippen LogP contribution in [0.15, 0.2) is 73.3 Å². The number of nitrogens with zero attached hydrogens (tertiary/aromatic N) is 3. The summed E-state index contributed by atoms with van der Waals surface area (Å²) in [5, 5.41) is 4.67. The van der Waals surface area contributed by atoms with Crippen molar-refractivity contribution < 1.29 is 9.26 Å². The Kier molecular flexibility index (Phi) is 4.41. The van der Waals surface area contributed by atoms with Gasteiger partial charge in [-0.05, 0) is 35.9 Å². The lowest BCUT2D eigenvalue weighted by Crippen LogP contribution is -2.38. The van der Waals surface area contributed by atoms with E-state index in [1.807, 2.05) is 24.3 Å². The first-order valence-corrected chi connectivity index (χ1v) is 8.87. The lowest BCUT2D eigenvalue weighted by atomic mass is 10.2. The Morgan fingerprint density at radius 2 is 1.89 bits per heavy atom. The first-order valence-electron chi connectivity index (χ1n) is 8.07. The lowest BCUT2D eigenvalue weighted by Gasteiger charge is -2.09. The number of hydrogen-bond acceptors (Lipinski definition) is 5. The molecule has 0 aliphatic carbocycles. The maximum absolute atomic E-state index is 13.0. The first kappa shape index (κ1) is 17.3. The normalized spacial score (nSPS) is 11.0. The van der Waals surface area contributed by atoms with Crippen LogP contribution in [0.4, 0.5) is 0 Å². The molecule has 0 saturated heterocycles. The maximum atomic E-state index is 13.0. The van der Waals surface area contributed by atoms with Gasteiger partial charge in [0.25, 0.3) is 5.56 Å². The van der Waals surface area contributed by atoms with Crippen molar-refractivity contribution in [2.24, 2.45) is 0 Å². The number of rotatable bonds is 4. The molecule has 0 unspecified atom stereocenters. The second-order valence-electron chi connectivity index (χ2n) is 5.89. The Morgan fingerprint density at radius 1 is 1.11 bits per heavy atom. The Morgan fingerprint density at radius 3 is 2.63 bits per heavy atom. The predicted molar refractivity (Wildman–Crippen MR) is 104 cm³/mol. The van der Waals surface area contributed by atoms with Crippen LogP contribution >= 0.6 is 15.9 Å². The van der Waals surface area contributed by atoms with Crippen LogP contribution in [0.5, 0.6) is 5.75 Å². The van der Waals surface area contributed by atoms with Crippen LogP contribution in [0.25, 0.3) is 16.8 Å². The molecule has 27 heavy (non-hydrogen) atoms. The zero-order valence-electron chi connectivity index (χ0n) is 14.3. The number of methoxy groups -OCH3 is 1. The molecule has 0 bridgehead atoms. The zero-order valence-corrected chi connectivity index (χ0v) is 15.8. The summed E-state index contributed by atoms with van der Waals surface area (Å²) in [6, 6.07) is 13.9. The van der Waals surface area contributed by atoms with Crippen LogP contribution in [-0.2, 0) is 6.54 Å². The standard InChI is InChI=1S/C19H14BrN3O4/c1-26-14-5-2-12(3-6-14)11-23-17(24)8-9-22(19(23)25)18-15-10-13(20)4-7-16(15)27-21-18/h2-10H,11H2,1H3. The predicted octanol–water partition coefficient (Wildman–Crippen LogP) is 2.96. The molecule has 0 amide bonds. The van der Waals surface area contributed by atoms with Gasteiger partial charge in [-0.1, -0.05) is 33.2 Å². The summed E-state index contributed by atoms with van der Waals surface area (Å²) in [6.07, 6.45) is 1.41. The summed E-state index contributed by atoms with van der Waals surface area (Å²) >= 11 is 3.40. The van der Waals surface area contributed by atoms with E-state index in [9.17, 15) is 9.59 Å². The van der Waals surface area contributed by atoms with Gasteiger partial charge in [0.15, 0.2) is 11.4 Å². The fourth-order valence-electron chi connectivity index (χ4n) is 2.81. The Bertz CT molecular complexity index is 1240. The molecule has 4 rings (SSSR count). The second-order valence-corrected chi connectivity index (χ2v) is 6.80. The molecule has 0 aliphatic rings. The highest BCUT2D eigenvalue weighted by Crippen LogP contribution is 2.24. The van der Waals surface area contributed by atoms with Crippen LogP contribution in [0.1, 0.15) is 5.56 Å². The van der Waals surface area contributed by atoms with E-state index in [4.69, 9.17) is 9.26 Å². The second kappa shape index (κ2) is 6.88. The highest BCUT2D eigenvalue weighted by Gasteiger charge is 2.14. The monoisotopic (exact) mass is 427 g/mol. The van der Waals surface area contributed by atoms with E-state index in [0.717, 1.165) is 14.6 Å². The molecule has 7 nitrogen and oxygen atoms in total. The largest absolute Gasteiger partial charge is 0.497 e. The molecule has 0 aliphatic heterocycles. The Labute approximate surface area is 161 Å². The number of hydrogen-bond donors (Lipinski definition) is 0. The molecule has 0 radical (unpaired) electrons. The third kappa shape index (κ3) is 3.19. The van der Waals surface area contributed by atoms with Crippen molar-refractivity contribution in [3.63, 3.8) is 0 Å². The lowest BCUT2D eigenvalue weighted by molar-refractivity contribution is 0.414. The molecule has 0 atom stereocenters. The quantitative estimate of drug-likeness (QED) is 0.500. The molecular weight excluding hydrogens is 414 g/mol. The van der Waals surface area contributed by atoms with Gasteiger partial charge in [-0.3, -0.25) is 9.36 Å². The van der Waals surface area contributed by atoms with Crippen molar-refractivity contribution in [2.45, 2.75) is 6.54 Å². The van der Waals surface area contributed by atoms with Gasteiger partial charge in [0.2, 0.25) is 0 Å². The van der Waals surface area contributed by atoms with Crippen LogP contribution in [-0.4, -0.2) is 21.4 Å². The highest BCUT2D eigenvalue weighted by molar-refractivity contribution is 9.10. The minimum atomic E-state index is -0.492. The molecule has 8 heteroatoms. The van der Waals surface area contributed by atoms with Crippen LogP contribution in [0.3, 0.4) is 0 Å². The molecule has 0 saturated carbocycles. The number of ether oxygens (including phenoxy) is 1. The molecule has 136 valence electrons. The summed E-state index contributed by atoms with van der Waals surface area (Å²) < 4.78 is 13.7. The Hall–Kier alpha value is -3.13. The van der Waals surface area contributed by atoms with Crippen molar-refractivity contribution in [2.75, 3.05) is 7.11 Å². The zero-order chi connectivity index (χ0) is 19.0. The smallest absolute Gasteiger partial charge is 0.337 e. The molecule has 4 aromatic rings. The highest BCUT2D eigenvalue weighted by atomic mass is 79.9. The summed E-state index contributed by atoms with van der Waals surface area (Å²) in [5.74, 6) is 1.04. The van der Waals surface area contributed by atoms with Gasteiger partial charge in [-0.15, -0.1) is 0 Å². The summed E-state index contributed by atoms with van der Waals surface area (Å²) in [7, 11) is 1.58. The van der Waals surface area contributed by atoms with Crippen LogP contribution in [0.2, 0.25) is 0 Å². The van der Waals surface area contributed by atoms with Crippen molar-refractivity contribution >= 4 is 26.9 Å². The van der Waals surface area contributed by atoms with Crippen LogP contribution in [0, 0.1) is 0 Å². The number of fused-ring (bicyclic) bond motifs is 1.